The van der Waals surface area contributed by atoms with Crippen LogP contribution in [0.25, 0.3) is 5.57 Å². The number of nitrogens with zero attached hydrogens (tertiary/aromatic N) is 3. The quantitative estimate of drug-likeness (QED) is 0.504. The van der Waals surface area contributed by atoms with Crippen molar-refractivity contribution in [1.82, 2.24) is 9.80 Å². The lowest BCUT2D eigenvalue weighted by Crippen LogP contribution is -2.43. The van der Waals surface area contributed by atoms with Gasteiger partial charge in [0, 0.05) is 30.9 Å². The molecule has 33 heavy (non-hydrogen) atoms. The first kappa shape index (κ1) is 24.9. The molecule has 0 aliphatic carbocycles. The van der Waals surface area contributed by atoms with Crippen molar-refractivity contribution in [2.75, 3.05) is 13.6 Å². The first-order valence-corrected chi connectivity index (χ1v) is 12.3. The van der Waals surface area contributed by atoms with Crippen LogP contribution in [0.3, 0.4) is 0 Å². The van der Waals surface area contributed by atoms with E-state index in [0.29, 0.717) is 17.1 Å². The fourth-order valence-electron chi connectivity index (χ4n) is 4.52. The summed E-state index contributed by atoms with van der Waals surface area (Å²) in [5.41, 5.74) is 4.87. The molecular formula is C28H38FN3O. The van der Waals surface area contributed by atoms with E-state index in [1.54, 1.807) is 6.07 Å². The molecule has 1 aromatic carbocycles. The molecule has 1 atom stereocenters. The molecule has 178 valence electrons. The van der Waals surface area contributed by atoms with Crippen LogP contribution in [0.1, 0.15) is 77.3 Å². The number of carbonyl (C=O) groups excluding carboxylic acids is 1. The molecule has 1 aromatic rings. The van der Waals surface area contributed by atoms with Crippen molar-refractivity contribution < 1.29 is 9.18 Å². The number of hydrogen-bond acceptors (Lipinski definition) is 3. The lowest BCUT2D eigenvalue weighted by atomic mass is 9.97. The molecule has 2 aliphatic heterocycles. The summed E-state index contributed by atoms with van der Waals surface area (Å²) in [4.78, 5) is 22.3. The molecule has 2 aliphatic rings. The van der Waals surface area contributed by atoms with Crippen LogP contribution in [0, 0.1) is 12.7 Å². The van der Waals surface area contributed by atoms with Gasteiger partial charge in [0.15, 0.2) is 0 Å². The van der Waals surface area contributed by atoms with Gasteiger partial charge in [0.2, 0.25) is 0 Å². The minimum atomic E-state index is -0.238. The van der Waals surface area contributed by atoms with Crippen LogP contribution < -0.4 is 0 Å². The van der Waals surface area contributed by atoms with E-state index in [2.05, 4.69) is 20.8 Å². The summed E-state index contributed by atoms with van der Waals surface area (Å²) in [5.74, 6) is 0.426. The van der Waals surface area contributed by atoms with Gasteiger partial charge in [0.25, 0.3) is 5.91 Å². The van der Waals surface area contributed by atoms with Crippen molar-refractivity contribution in [2.24, 2.45) is 4.99 Å². The largest absolute Gasteiger partial charge is 0.335 e. The number of halogens is 1. The standard InChI is InChI=1S/C28H38FN3O/c1-7-20(4)24(23-14-13-19(3)16-25(23)29)18-27-30-26(17-22(8-2)31(27)6)28(33)32-15-11-9-10-12-21(32)5/h13-14,16-18,21H,7-12,15H2,1-6H3/b24-20+,27-18-. The minimum absolute atomic E-state index is 0.00592. The van der Waals surface area contributed by atoms with Crippen molar-refractivity contribution in [3.63, 3.8) is 0 Å². The molecule has 1 fully saturated rings. The Hall–Kier alpha value is -2.69. The van der Waals surface area contributed by atoms with Gasteiger partial charge in [0.1, 0.15) is 17.3 Å². The normalized spacial score (nSPS) is 21.4. The fraction of sp³-hybridized carbons (Fsp3) is 0.500. The molecule has 0 aromatic heterocycles. The summed E-state index contributed by atoms with van der Waals surface area (Å²) < 4.78 is 14.9. The Kier molecular flexibility index (Phi) is 8.28. The van der Waals surface area contributed by atoms with Crippen molar-refractivity contribution in [2.45, 2.75) is 79.2 Å². The Balaban J connectivity index is 2.07. The molecule has 3 rings (SSSR count). The maximum Gasteiger partial charge on any atom is 0.272 e. The summed E-state index contributed by atoms with van der Waals surface area (Å²) >= 11 is 0. The number of carbonyl (C=O) groups is 1. The SMILES string of the molecule is CCC1=CC(C(=O)N2CCCCCC2C)=N/C(=C/C(=C(/C)CC)c2ccc(C)cc2F)N1C. The van der Waals surface area contributed by atoms with Crippen LogP contribution in [0.4, 0.5) is 4.39 Å². The minimum Gasteiger partial charge on any atom is -0.335 e. The first-order chi connectivity index (χ1) is 15.8. The van der Waals surface area contributed by atoms with E-state index >= 15 is 0 Å². The molecule has 0 saturated carbocycles. The van der Waals surface area contributed by atoms with E-state index in [0.717, 1.165) is 67.5 Å². The molecule has 0 bridgehead atoms. The monoisotopic (exact) mass is 451 g/mol. The second-order valence-electron chi connectivity index (χ2n) is 9.28. The maximum absolute atomic E-state index is 14.9. The second kappa shape index (κ2) is 11.0. The Morgan fingerprint density at radius 1 is 1.24 bits per heavy atom. The molecule has 5 heteroatoms. The molecule has 4 nitrogen and oxygen atoms in total. The van der Waals surface area contributed by atoms with Crippen LogP contribution in [-0.2, 0) is 4.79 Å². The first-order valence-electron chi connectivity index (χ1n) is 12.3. The van der Waals surface area contributed by atoms with E-state index in [-0.39, 0.29) is 17.8 Å². The number of hydrogen-bond donors (Lipinski definition) is 0. The van der Waals surface area contributed by atoms with Gasteiger partial charge in [-0.3, -0.25) is 4.79 Å². The van der Waals surface area contributed by atoms with Crippen molar-refractivity contribution in [3.05, 3.63) is 64.4 Å². The zero-order chi connectivity index (χ0) is 24.1. The van der Waals surface area contributed by atoms with Crippen molar-refractivity contribution >= 4 is 17.2 Å². The Morgan fingerprint density at radius 3 is 2.67 bits per heavy atom. The summed E-state index contributed by atoms with van der Waals surface area (Å²) in [6.45, 7) is 11.0. The van der Waals surface area contributed by atoms with Gasteiger partial charge in [-0.15, -0.1) is 0 Å². The predicted molar refractivity (Wildman–Crippen MR) is 135 cm³/mol. The summed E-state index contributed by atoms with van der Waals surface area (Å²) in [6.07, 6.45) is 9.82. The molecule has 0 N–H and O–H groups in total. The molecule has 1 unspecified atom stereocenters. The van der Waals surface area contributed by atoms with Gasteiger partial charge >= 0.3 is 0 Å². The number of aliphatic imine (C=N–C) groups is 1. The molecule has 1 amide bonds. The lowest BCUT2D eigenvalue weighted by Gasteiger charge is -2.31. The highest BCUT2D eigenvalue weighted by atomic mass is 19.1. The highest BCUT2D eigenvalue weighted by molar-refractivity contribution is 6.43. The van der Waals surface area contributed by atoms with E-state index in [1.807, 2.05) is 55.0 Å². The van der Waals surface area contributed by atoms with E-state index in [4.69, 9.17) is 4.99 Å². The van der Waals surface area contributed by atoms with Crippen LogP contribution in [-0.4, -0.2) is 41.1 Å². The van der Waals surface area contributed by atoms with Crippen LogP contribution in [0.2, 0.25) is 0 Å². The van der Waals surface area contributed by atoms with E-state index < -0.39 is 0 Å². The number of benzene rings is 1. The third kappa shape index (κ3) is 5.63. The average molecular weight is 452 g/mol. The van der Waals surface area contributed by atoms with Gasteiger partial charge in [-0.2, -0.15) is 0 Å². The number of aryl methyl sites for hydroxylation is 1. The Labute approximate surface area is 198 Å². The number of rotatable bonds is 5. The summed E-state index contributed by atoms with van der Waals surface area (Å²) in [7, 11) is 1.96. The van der Waals surface area contributed by atoms with Crippen LogP contribution >= 0.6 is 0 Å². The third-order valence-electron chi connectivity index (χ3n) is 6.89. The second-order valence-corrected chi connectivity index (χ2v) is 9.28. The highest BCUT2D eigenvalue weighted by Gasteiger charge is 2.28. The number of allylic oxidation sites excluding steroid dienone is 4. The summed E-state index contributed by atoms with van der Waals surface area (Å²) in [5, 5.41) is 0. The molecule has 0 radical (unpaired) electrons. The van der Waals surface area contributed by atoms with Crippen LogP contribution in [0.5, 0.6) is 0 Å². The molecule has 0 spiro atoms. The van der Waals surface area contributed by atoms with Crippen molar-refractivity contribution in [3.8, 4) is 0 Å². The van der Waals surface area contributed by atoms with Gasteiger partial charge in [-0.25, -0.2) is 9.38 Å². The third-order valence-corrected chi connectivity index (χ3v) is 6.89. The molecular weight excluding hydrogens is 413 g/mol. The van der Waals surface area contributed by atoms with Crippen molar-refractivity contribution in [1.29, 1.82) is 0 Å². The smallest absolute Gasteiger partial charge is 0.272 e. The van der Waals surface area contributed by atoms with Gasteiger partial charge in [0.05, 0.1) is 0 Å². The Morgan fingerprint density at radius 2 is 2.00 bits per heavy atom. The lowest BCUT2D eigenvalue weighted by molar-refractivity contribution is -0.125. The van der Waals surface area contributed by atoms with Gasteiger partial charge in [-0.1, -0.05) is 44.4 Å². The van der Waals surface area contributed by atoms with E-state index in [9.17, 15) is 9.18 Å². The topological polar surface area (TPSA) is 35.9 Å². The van der Waals surface area contributed by atoms with E-state index in [1.165, 1.54) is 0 Å². The van der Waals surface area contributed by atoms with Gasteiger partial charge < -0.3 is 9.80 Å². The number of likely N-dealkylation sites (tertiary alicyclic amines) is 1. The van der Waals surface area contributed by atoms with Gasteiger partial charge in [-0.05, 0) is 75.8 Å². The maximum atomic E-state index is 14.9. The number of amides is 1. The molecule has 1 saturated heterocycles. The zero-order valence-corrected chi connectivity index (χ0v) is 21.0. The fourth-order valence-corrected chi connectivity index (χ4v) is 4.52. The van der Waals surface area contributed by atoms with Crippen LogP contribution in [0.15, 0.2) is 52.4 Å². The Bertz CT molecular complexity index is 1020. The highest BCUT2D eigenvalue weighted by Crippen LogP contribution is 2.30. The zero-order valence-electron chi connectivity index (χ0n) is 21.0. The summed E-state index contributed by atoms with van der Waals surface area (Å²) in [6, 6.07) is 5.55. The molecule has 2 heterocycles. The predicted octanol–water partition coefficient (Wildman–Crippen LogP) is 6.63. The average Bonchev–Trinajstić information content (AvgIpc) is 3.02.